The molecule has 0 fully saturated rings. The third kappa shape index (κ3) is 2.88. The smallest absolute Gasteiger partial charge is 0.310 e. The summed E-state index contributed by atoms with van der Waals surface area (Å²) in [6.45, 7) is 0. The van der Waals surface area contributed by atoms with Crippen LogP contribution in [0.2, 0.25) is 5.02 Å². The second-order valence-corrected chi connectivity index (χ2v) is 3.68. The molecule has 0 unspecified atom stereocenters. The second-order valence-electron chi connectivity index (χ2n) is 2.83. The summed E-state index contributed by atoms with van der Waals surface area (Å²) < 4.78 is 4.52. The molecule has 0 spiro atoms. The van der Waals surface area contributed by atoms with Gasteiger partial charge in [-0.25, -0.2) is 0 Å². The number of benzene rings is 1. The van der Waals surface area contributed by atoms with Crippen LogP contribution in [0.5, 0.6) is 0 Å². The predicted octanol–water partition coefficient (Wildman–Crippen LogP) is 2.22. The highest BCUT2D eigenvalue weighted by atomic mass is 35.5. The lowest BCUT2D eigenvalue weighted by Crippen LogP contribution is -2.05. The monoisotopic (exact) mass is 241 g/mol. The van der Waals surface area contributed by atoms with Gasteiger partial charge in [0.2, 0.25) is 0 Å². The Morgan fingerprint density at radius 1 is 1.67 bits per heavy atom. The molecule has 3 nitrogen and oxygen atoms in total. The van der Waals surface area contributed by atoms with Crippen molar-refractivity contribution < 1.29 is 9.53 Å². The summed E-state index contributed by atoms with van der Waals surface area (Å²) in [6.07, 6.45) is 0.0601. The first-order valence-corrected chi connectivity index (χ1v) is 4.89. The van der Waals surface area contributed by atoms with Gasteiger partial charge < -0.3 is 4.74 Å². The van der Waals surface area contributed by atoms with Crippen molar-refractivity contribution in [2.75, 3.05) is 7.11 Å². The number of rotatable bonds is 2. The van der Waals surface area contributed by atoms with Gasteiger partial charge in [0.1, 0.15) is 0 Å². The summed E-state index contributed by atoms with van der Waals surface area (Å²) in [7, 11) is 1.30. The average Bonchev–Trinajstić information content (AvgIpc) is 2.24. The van der Waals surface area contributed by atoms with Gasteiger partial charge in [-0.05, 0) is 17.7 Å². The molecule has 0 aliphatic carbocycles. The minimum Gasteiger partial charge on any atom is -0.469 e. The molecule has 0 heterocycles. The Morgan fingerprint density at radius 3 is 2.87 bits per heavy atom. The number of ether oxygens (including phenoxy) is 1. The molecule has 0 atom stereocenters. The number of carbonyl (C=O) groups excluding carboxylic acids is 1. The van der Waals surface area contributed by atoms with Crippen molar-refractivity contribution in [3.05, 3.63) is 28.3 Å². The maximum atomic E-state index is 11.1. The fourth-order valence-electron chi connectivity index (χ4n) is 1.08. The Kier molecular flexibility index (Phi) is 4.01. The van der Waals surface area contributed by atoms with Crippen LogP contribution in [0.15, 0.2) is 17.0 Å². The molecule has 15 heavy (non-hydrogen) atoms. The zero-order valence-electron chi connectivity index (χ0n) is 7.95. The van der Waals surface area contributed by atoms with Gasteiger partial charge >= 0.3 is 5.97 Å². The molecule has 0 amide bonds. The normalized spacial score (nSPS) is 9.47. The largest absolute Gasteiger partial charge is 0.469 e. The van der Waals surface area contributed by atoms with Crippen LogP contribution in [-0.2, 0) is 16.0 Å². The molecule has 0 aliphatic heterocycles. The van der Waals surface area contributed by atoms with E-state index in [-0.39, 0.29) is 6.42 Å². The van der Waals surface area contributed by atoms with Crippen molar-refractivity contribution >= 4 is 30.2 Å². The maximum absolute atomic E-state index is 11.1. The molecule has 0 radical (unpaired) electrons. The van der Waals surface area contributed by atoms with Crippen LogP contribution in [0.4, 0.5) is 0 Å². The Balaban J connectivity index is 3.12. The van der Waals surface area contributed by atoms with Gasteiger partial charge in [0.15, 0.2) is 0 Å². The summed E-state index contributed by atoms with van der Waals surface area (Å²) in [6, 6.07) is 5.04. The third-order valence-corrected chi connectivity index (χ3v) is 2.79. The maximum Gasteiger partial charge on any atom is 0.310 e. The standard InChI is InChI=1S/C10H8ClNO2S/c1-14-9(13)4-7-2-6(5-12)3-8(11)10(7)15/h2-3,15H,4H2,1H3. The summed E-state index contributed by atoms with van der Waals surface area (Å²) in [5.74, 6) is -0.392. The van der Waals surface area contributed by atoms with Crippen molar-refractivity contribution in [2.45, 2.75) is 11.3 Å². The van der Waals surface area contributed by atoms with Crippen LogP contribution in [0.25, 0.3) is 0 Å². The number of hydrogen-bond acceptors (Lipinski definition) is 4. The number of methoxy groups -OCH3 is 1. The molecule has 5 heteroatoms. The molecule has 0 aromatic heterocycles. The van der Waals surface area contributed by atoms with Gasteiger partial charge in [-0.3, -0.25) is 4.79 Å². The van der Waals surface area contributed by atoms with E-state index in [0.717, 1.165) is 0 Å². The molecule has 1 aromatic rings. The lowest BCUT2D eigenvalue weighted by Gasteiger charge is -2.06. The minimum atomic E-state index is -0.392. The first-order chi connectivity index (χ1) is 7.08. The number of hydrogen-bond donors (Lipinski definition) is 1. The van der Waals surface area contributed by atoms with Crippen LogP contribution >= 0.6 is 24.2 Å². The third-order valence-electron chi connectivity index (χ3n) is 1.83. The highest BCUT2D eigenvalue weighted by Crippen LogP contribution is 2.26. The topological polar surface area (TPSA) is 50.1 Å². The molecule has 1 rings (SSSR count). The van der Waals surface area contributed by atoms with Crippen LogP contribution in [0.1, 0.15) is 11.1 Å². The van der Waals surface area contributed by atoms with Crippen LogP contribution in [0, 0.1) is 11.3 Å². The van der Waals surface area contributed by atoms with E-state index in [1.807, 2.05) is 6.07 Å². The van der Waals surface area contributed by atoms with E-state index in [4.69, 9.17) is 16.9 Å². The van der Waals surface area contributed by atoms with Crippen molar-refractivity contribution in [2.24, 2.45) is 0 Å². The molecule has 78 valence electrons. The first kappa shape index (κ1) is 11.9. The molecule has 0 saturated carbocycles. The van der Waals surface area contributed by atoms with E-state index >= 15 is 0 Å². The number of esters is 1. The SMILES string of the molecule is COC(=O)Cc1cc(C#N)cc(Cl)c1S. The van der Waals surface area contributed by atoms with E-state index in [1.165, 1.54) is 13.2 Å². The van der Waals surface area contributed by atoms with Crippen LogP contribution < -0.4 is 0 Å². The Morgan fingerprint density at radius 2 is 2.33 bits per heavy atom. The van der Waals surface area contributed by atoms with Crippen molar-refractivity contribution in [3.8, 4) is 6.07 Å². The number of carbonyl (C=O) groups is 1. The first-order valence-electron chi connectivity index (χ1n) is 4.06. The quantitative estimate of drug-likeness (QED) is 0.638. The van der Waals surface area contributed by atoms with E-state index in [1.54, 1.807) is 6.07 Å². The van der Waals surface area contributed by atoms with E-state index in [0.29, 0.717) is 21.0 Å². The Hall–Kier alpha value is -1.18. The lowest BCUT2D eigenvalue weighted by atomic mass is 10.1. The van der Waals surface area contributed by atoms with Crippen LogP contribution in [0.3, 0.4) is 0 Å². The van der Waals surface area contributed by atoms with Crippen molar-refractivity contribution in [3.63, 3.8) is 0 Å². The van der Waals surface area contributed by atoms with Crippen molar-refractivity contribution in [1.82, 2.24) is 0 Å². The van der Waals surface area contributed by atoms with Gasteiger partial charge in [0.25, 0.3) is 0 Å². The molecule has 1 aromatic carbocycles. The fourth-order valence-corrected chi connectivity index (χ4v) is 1.53. The molecular weight excluding hydrogens is 234 g/mol. The van der Waals surface area contributed by atoms with Gasteiger partial charge in [-0.2, -0.15) is 5.26 Å². The van der Waals surface area contributed by atoms with Gasteiger partial charge in [0.05, 0.1) is 30.2 Å². The summed E-state index contributed by atoms with van der Waals surface area (Å²) in [4.78, 5) is 11.6. The summed E-state index contributed by atoms with van der Waals surface area (Å²) >= 11 is 10.0. The second kappa shape index (κ2) is 5.06. The highest BCUT2D eigenvalue weighted by Gasteiger charge is 2.10. The number of thiol groups is 1. The van der Waals surface area contributed by atoms with Crippen molar-refractivity contribution in [1.29, 1.82) is 5.26 Å². The average molecular weight is 242 g/mol. The summed E-state index contributed by atoms with van der Waals surface area (Å²) in [5.41, 5.74) is 0.992. The van der Waals surface area contributed by atoms with Gasteiger partial charge in [-0.1, -0.05) is 11.6 Å². The summed E-state index contributed by atoms with van der Waals surface area (Å²) in [5, 5.41) is 9.08. The highest BCUT2D eigenvalue weighted by molar-refractivity contribution is 7.80. The Labute approximate surface area is 98.0 Å². The molecular formula is C10H8ClNO2S. The fraction of sp³-hybridized carbons (Fsp3) is 0.200. The number of nitriles is 1. The predicted molar refractivity (Wildman–Crippen MR) is 59.1 cm³/mol. The lowest BCUT2D eigenvalue weighted by molar-refractivity contribution is -0.139. The van der Waals surface area contributed by atoms with E-state index in [9.17, 15) is 4.79 Å². The zero-order chi connectivity index (χ0) is 11.4. The zero-order valence-corrected chi connectivity index (χ0v) is 9.60. The van der Waals surface area contributed by atoms with Crippen LogP contribution in [-0.4, -0.2) is 13.1 Å². The number of nitrogens with zero attached hydrogens (tertiary/aromatic N) is 1. The Bertz CT molecular complexity index is 440. The molecule has 0 saturated heterocycles. The molecule has 0 N–H and O–H groups in total. The minimum absolute atomic E-state index is 0.0601. The van der Waals surface area contributed by atoms with E-state index in [2.05, 4.69) is 17.4 Å². The molecule has 0 bridgehead atoms. The molecule has 0 aliphatic rings. The number of halogens is 1. The van der Waals surface area contributed by atoms with Gasteiger partial charge in [-0.15, -0.1) is 12.6 Å². The van der Waals surface area contributed by atoms with Gasteiger partial charge in [0, 0.05) is 4.90 Å². The van der Waals surface area contributed by atoms with E-state index < -0.39 is 5.97 Å².